The Kier molecular flexibility index (Phi) is 6.62. The quantitative estimate of drug-likeness (QED) is 0.429. The van der Waals surface area contributed by atoms with Crippen molar-refractivity contribution >= 4 is 16.9 Å². The van der Waals surface area contributed by atoms with E-state index in [4.69, 9.17) is 19.5 Å². The van der Waals surface area contributed by atoms with Gasteiger partial charge in [0.05, 0.1) is 24.8 Å². The Morgan fingerprint density at radius 1 is 1.23 bits per heavy atom. The van der Waals surface area contributed by atoms with E-state index in [2.05, 4.69) is 52.2 Å². The van der Waals surface area contributed by atoms with Gasteiger partial charge in [-0.15, -0.1) is 0 Å². The second kappa shape index (κ2) is 9.55. The lowest BCUT2D eigenvalue weighted by atomic mass is 10.2. The predicted octanol–water partition coefficient (Wildman–Crippen LogP) is 3.77. The third-order valence-electron chi connectivity index (χ3n) is 5.75. The maximum atomic E-state index is 5.62. The normalized spacial score (nSPS) is 16.6. The minimum Gasteiger partial charge on any atom is -0.380 e. The summed E-state index contributed by atoms with van der Waals surface area (Å²) in [5, 5.41) is 0. The summed E-state index contributed by atoms with van der Waals surface area (Å²) in [5.74, 6) is 1.98. The number of hydrogen-bond acceptors (Lipinski definition) is 6. The van der Waals surface area contributed by atoms with Gasteiger partial charge in [-0.25, -0.2) is 9.97 Å². The van der Waals surface area contributed by atoms with Gasteiger partial charge in [0.2, 0.25) is 0 Å². The average Bonchev–Trinajstić information content (AvgIpc) is 3.36. The van der Waals surface area contributed by atoms with Crippen molar-refractivity contribution in [1.29, 1.82) is 0 Å². The molecule has 1 aromatic carbocycles. The highest BCUT2D eigenvalue weighted by Gasteiger charge is 2.22. The van der Waals surface area contributed by atoms with Gasteiger partial charge in [0.25, 0.3) is 0 Å². The lowest BCUT2D eigenvalue weighted by Gasteiger charge is -2.22. The van der Waals surface area contributed by atoms with Crippen LogP contribution in [-0.4, -0.2) is 47.4 Å². The number of aromatic nitrogens is 3. The van der Waals surface area contributed by atoms with Crippen molar-refractivity contribution in [2.75, 3.05) is 31.8 Å². The van der Waals surface area contributed by atoms with E-state index >= 15 is 0 Å². The molecule has 1 N–H and O–H groups in total. The zero-order chi connectivity index (χ0) is 20.9. The first-order valence-corrected chi connectivity index (χ1v) is 10.8. The standard InChI is InChI=1S/C23H31N5O2/c1-4-30-13-12-28-21-9-7-18(15-25-29-3)14-20(21)26-23(28)19-8-10-22(24-16-19)27-11-5-6-17(27)2/h7-10,14,16-17,25H,4-6,11-13,15H2,1-3H3/t17-/m0/s1. The van der Waals surface area contributed by atoms with Gasteiger partial charge in [0, 0.05) is 44.0 Å². The molecule has 0 aliphatic carbocycles. The first-order chi connectivity index (χ1) is 14.7. The van der Waals surface area contributed by atoms with Crippen LogP contribution in [0.25, 0.3) is 22.4 Å². The zero-order valence-corrected chi connectivity index (χ0v) is 18.1. The minimum absolute atomic E-state index is 0.554. The van der Waals surface area contributed by atoms with Crippen LogP contribution in [0.3, 0.4) is 0 Å². The molecule has 0 bridgehead atoms. The van der Waals surface area contributed by atoms with Crippen molar-refractivity contribution < 1.29 is 9.57 Å². The Hall–Kier alpha value is -2.48. The number of imidazole rings is 1. The van der Waals surface area contributed by atoms with Gasteiger partial charge < -0.3 is 19.0 Å². The van der Waals surface area contributed by atoms with Gasteiger partial charge in [-0.05, 0) is 56.5 Å². The second-order valence-corrected chi connectivity index (χ2v) is 7.72. The van der Waals surface area contributed by atoms with Crippen LogP contribution in [0.2, 0.25) is 0 Å². The van der Waals surface area contributed by atoms with Crippen LogP contribution < -0.4 is 10.4 Å². The summed E-state index contributed by atoms with van der Waals surface area (Å²) < 4.78 is 7.85. The molecule has 3 heterocycles. The molecule has 30 heavy (non-hydrogen) atoms. The highest BCUT2D eigenvalue weighted by atomic mass is 16.6. The van der Waals surface area contributed by atoms with E-state index in [0.29, 0.717) is 25.8 Å². The third-order valence-corrected chi connectivity index (χ3v) is 5.75. The van der Waals surface area contributed by atoms with E-state index in [-0.39, 0.29) is 0 Å². The van der Waals surface area contributed by atoms with E-state index in [1.165, 1.54) is 12.8 Å². The number of hydrogen-bond donors (Lipinski definition) is 1. The number of pyridine rings is 1. The molecular formula is C23H31N5O2. The molecule has 0 radical (unpaired) electrons. The highest BCUT2D eigenvalue weighted by molar-refractivity contribution is 5.81. The smallest absolute Gasteiger partial charge is 0.142 e. The maximum Gasteiger partial charge on any atom is 0.142 e. The molecule has 1 atom stereocenters. The van der Waals surface area contributed by atoms with Crippen LogP contribution >= 0.6 is 0 Å². The van der Waals surface area contributed by atoms with Crippen molar-refractivity contribution in [2.45, 2.75) is 45.8 Å². The molecule has 7 heteroatoms. The average molecular weight is 410 g/mol. The first-order valence-electron chi connectivity index (χ1n) is 10.8. The molecule has 0 saturated carbocycles. The monoisotopic (exact) mass is 409 g/mol. The van der Waals surface area contributed by atoms with Crippen LogP contribution in [-0.2, 0) is 22.7 Å². The molecule has 0 unspecified atom stereocenters. The molecule has 3 aromatic rings. The van der Waals surface area contributed by atoms with E-state index < -0.39 is 0 Å². The van der Waals surface area contributed by atoms with E-state index in [1.54, 1.807) is 7.11 Å². The Bertz CT molecular complexity index is 970. The molecule has 2 aromatic heterocycles. The summed E-state index contributed by atoms with van der Waals surface area (Å²) in [6, 6.07) is 11.1. The van der Waals surface area contributed by atoms with Crippen LogP contribution in [0, 0.1) is 0 Å². The molecule has 0 spiro atoms. The number of benzene rings is 1. The van der Waals surface area contributed by atoms with Gasteiger partial charge in [-0.3, -0.25) is 0 Å². The Morgan fingerprint density at radius 3 is 2.83 bits per heavy atom. The Morgan fingerprint density at radius 2 is 2.13 bits per heavy atom. The number of fused-ring (bicyclic) bond motifs is 1. The molecule has 160 valence electrons. The SMILES string of the molecule is CCOCCn1c(-c2ccc(N3CCC[C@@H]3C)nc2)nc2cc(CNOC)ccc21. The van der Waals surface area contributed by atoms with Crippen molar-refractivity contribution in [3.8, 4) is 11.4 Å². The zero-order valence-electron chi connectivity index (χ0n) is 18.1. The number of ether oxygens (including phenoxy) is 1. The van der Waals surface area contributed by atoms with E-state index in [0.717, 1.165) is 46.9 Å². The summed E-state index contributed by atoms with van der Waals surface area (Å²) in [6.45, 7) is 8.12. The number of anilines is 1. The van der Waals surface area contributed by atoms with Crippen LogP contribution in [0.15, 0.2) is 36.5 Å². The molecule has 0 amide bonds. The fraction of sp³-hybridized carbons (Fsp3) is 0.478. The molecule has 7 nitrogen and oxygen atoms in total. The van der Waals surface area contributed by atoms with Gasteiger partial charge in [0.1, 0.15) is 11.6 Å². The Labute approximate surface area is 178 Å². The summed E-state index contributed by atoms with van der Waals surface area (Å²) in [4.78, 5) is 17.1. The van der Waals surface area contributed by atoms with Gasteiger partial charge >= 0.3 is 0 Å². The predicted molar refractivity (Wildman–Crippen MR) is 119 cm³/mol. The number of rotatable bonds is 9. The summed E-state index contributed by atoms with van der Waals surface area (Å²) in [6.07, 6.45) is 4.42. The van der Waals surface area contributed by atoms with Gasteiger partial charge in [0.15, 0.2) is 0 Å². The number of nitrogens with zero attached hydrogens (tertiary/aromatic N) is 4. The second-order valence-electron chi connectivity index (χ2n) is 7.72. The molecular weight excluding hydrogens is 378 g/mol. The van der Waals surface area contributed by atoms with Crippen LogP contribution in [0.4, 0.5) is 5.82 Å². The third kappa shape index (κ3) is 4.33. The highest BCUT2D eigenvalue weighted by Crippen LogP contribution is 2.28. The Balaban J connectivity index is 1.67. The largest absolute Gasteiger partial charge is 0.380 e. The summed E-state index contributed by atoms with van der Waals surface area (Å²) in [5.41, 5.74) is 7.11. The lowest BCUT2D eigenvalue weighted by molar-refractivity contribution is 0.0867. The summed E-state index contributed by atoms with van der Waals surface area (Å²) >= 11 is 0. The number of nitrogens with one attached hydrogen (secondary N) is 1. The van der Waals surface area contributed by atoms with Crippen molar-refractivity contribution in [3.63, 3.8) is 0 Å². The van der Waals surface area contributed by atoms with Gasteiger partial charge in [-0.2, -0.15) is 5.48 Å². The van der Waals surface area contributed by atoms with E-state index in [1.807, 2.05) is 13.1 Å². The maximum absolute atomic E-state index is 5.62. The molecule has 1 aliphatic rings. The summed E-state index contributed by atoms with van der Waals surface area (Å²) in [7, 11) is 1.62. The van der Waals surface area contributed by atoms with Gasteiger partial charge in [-0.1, -0.05) is 6.07 Å². The van der Waals surface area contributed by atoms with Crippen molar-refractivity contribution in [3.05, 3.63) is 42.1 Å². The first kappa shape index (κ1) is 20.8. The topological polar surface area (TPSA) is 64.4 Å². The van der Waals surface area contributed by atoms with Crippen molar-refractivity contribution in [2.24, 2.45) is 0 Å². The molecule has 4 rings (SSSR count). The van der Waals surface area contributed by atoms with Crippen LogP contribution in [0.1, 0.15) is 32.3 Å². The fourth-order valence-corrected chi connectivity index (χ4v) is 4.15. The van der Waals surface area contributed by atoms with Crippen LogP contribution in [0.5, 0.6) is 0 Å². The fourth-order valence-electron chi connectivity index (χ4n) is 4.15. The molecule has 1 saturated heterocycles. The number of hydroxylamine groups is 1. The van der Waals surface area contributed by atoms with E-state index in [9.17, 15) is 0 Å². The molecule has 1 aliphatic heterocycles. The molecule has 1 fully saturated rings. The lowest BCUT2D eigenvalue weighted by Crippen LogP contribution is -2.26. The minimum atomic E-state index is 0.554. The van der Waals surface area contributed by atoms with Crippen molar-refractivity contribution in [1.82, 2.24) is 20.0 Å².